The zero-order chi connectivity index (χ0) is 20.6. The predicted molar refractivity (Wildman–Crippen MR) is 119 cm³/mol. The average molecular weight is 403 g/mol. The summed E-state index contributed by atoms with van der Waals surface area (Å²) < 4.78 is 2.15. The molecule has 1 aromatic heterocycles. The van der Waals surface area contributed by atoms with Gasteiger partial charge in [-0.15, -0.1) is 0 Å². The van der Waals surface area contributed by atoms with Gasteiger partial charge in [-0.05, 0) is 47.7 Å². The number of hydrogen-bond donors (Lipinski definition) is 1. The van der Waals surface area contributed by atoms with Crippen LogP contribution in [0.25, 0.3) is 10.8 Å². The highest BCUT2D eigenvalue weighted by molar-refractivity contribution is 5.87. The second-order valence-electron chi connectivity index (χ2n) is 9.05. The molecule has 3 aromatic rings. The Hall–Kier alpha value is -2.59. The molecule has 1 amide bonds. The number of rotatable bonds is 4. The Labute approximate surface area is 178 Å². The van der Waals surface area contributed by atoms with Gasteiger partial charge in [0.1, 0.15) is 0 Å². The summed E-state index contributed by atoms with van der Waals surface area (Å²) in [5, 5.41) is 13.4. The molecular formula is C26H30N2O2. The normalized spacial score (nSPS) is 25.1. The Morgan fingerprint density at radius 3 is 2.70 bits per heavy atom. The first-order valence-electron chi connectivity index (χ1n) is 11.2. The summed E-state index contributed by atoms with van der Waals surface area (Å²) in [7, 11) is 0. The molecular weight excluding hydrogens is 372 g/mol. The maximum absolute atomic E-state index is 13.4. The van der Waals surface area contributed by atoms with Crippen LogP contribution >= 0.6 is 0 Å². The SMILES string of the molecule is O=C(C[C@@H](c1cccc2ccccc12)n1cccc1)N1CC[C@@]2(O)CCCC[C@H]2C1. The monoisotopic (exact) mass is 402 g/mol. The molecule has 1 aliphatic carbocycles. The van der Waals surface area contributed by atoms with Gasteiger partial charge in [-0.2, -0.15) is 0 Å². The minimum Gasteiger partial charge on any atom is -0.389 e. The summed E-state index contributed by atoms with van der Waals surface area (Å²) in [5.41, 5.74) is 0.633. The quantitative estimate of drug-likeness (QED) is 0.683. The molecule has 3 atom stereocenters. The molecule has 4 heteroatoms. The second kappa shape index (κ2) is 7.92. The summed E-state index contributed by atoms with van der Waals surface area (Å²) in [4.78, 5) is 15.4. The second-order valence-corrected chi connectivity index (χ2v) is 9.05. The Morgan fingerprint density at radius 2 is 1.83 bits per heavy atom. The summed E-state index contributed by atoms with van der Waals surface area (Å²) in [6, 6.07) is 18.8. The minimum atomic E-state index is -0.551. The smallest absolute Gasteiger partial charge is 0.225 e. The fourth-order valence-corrected chi connectivity index (χ4v) is 5.56. The molecule has 0 unspecified atom stereocenters. The maximum atomic E-state index is 13.4. The van der Waals surface area contributed by atoms with E-state index in [-0.39, 0.29) is 17.9 Å². The molecule has 0 spiro atoms. The standard InChI is InChI=1S/C26H30N2O2/c29-25(28-17-14-26(30)13-4-3-10-21(26)19-28)18-24(27-15-5-6-16-27)23-12-7-9-20-8-1-2-11-22(20)23/h1-2,5-9,11-12,15-16,21,24,30H,3-4,10,13-14,17-19H2/t21-,24-,26-/m0/s1. The van der Waals surface area contributed by atoms with Crippen LogP contribution in [-0.4, -0.2) is 39.2 Å². The molecule has 2 aliphatic rings. The highest BCUT2D eigenvalue weighted by Gasteiger charge is 2.43. The average Bonchev–Trinajstić information content (AvgIpc) is 3.31. The lowest BCUT2D eigenvalue weighted by atomic mass is 9.71. The van der Waals surface area contributed by atoms with Crippen LogP contribution < -0.4 is 0 Å². The fraction of sp³-hybridized carbons (Fsp3) is 0.423. The molecule has 0 bridgehead atoms. The van der Waals surface area contributed by atoms with Crippen LogP contribution in [0.5, 0.6) is 0 Å². The summed E-state index contributed by atoms with van der Waals surface area (Å²) in [5.74, 6) is 0.417. The van der Waals surface area contributed by atoms with Gasteiger partial charge in [0.15, 0.2) is 0 Å². The van der Waals surface area contributed by atoms with Crippen LogP contribution in [0.3, 0.4) is 0 Å². The summed E-state index contributed by atoms with van der Waals surface area (Å²) >= 11 is 0. The Bertz CT molecular complexity index is 1020. The lowest BCUT2D eigenvalue weighted by Gasteiger charge is -2.47. The third-order valence-electron chi connectivity index (χ3n) is 7.32. The van der Waals surface area contributed by atoms with E-state index in [9.17, 15) is 9.90 Å². The van der Waals surface area contributed by atoms with Crippen LogP contribution in [0.2, 0.25) is 0 Å². The van der Waals surface area contributed by atoms with Crippen molar-refractivity contribution in [1.82, 2.24) is 9.47 Å². The maximum Gasteiger partial charge on any atom is 0.225 e. The number of likely N-dealkylation sites (tertiary alicyclic amines) is 1. The van der Waals surface area contributed by atoms with Crippen molar-refractivity contribution < 1.29 is 9.90 Å². The van der Waals surface area contributed by atoms with E-state index in [4.69, 9.17) is 0 Å². The predicted octanol–water partition coefficient (Wildman–Crippen LogP) is 4.77. The van der Waals surface area contributed by atoms with Crippen LogP contribution in [0.4, 0.5) is 0 Å². The van der Waals surface area contributed by atoms with E-state index < -0.39 is 5.60 Å². The Morgan fingerprint density at radius 1 is 1.03 bits per heavy atom. The molecule has 156 valence electrons. The van der Waals surface area contributed by atoms with Crippen LogP contribution in [0, 0.1) is 5.92 Å². The van der Waals surface area contributed by atoms with Crippen molar-refractivity contribution in [2.75, 3.05) is 13.1 Å². The Balaban J connectivity index is 1.42. The number of fused-ring (bicyclic) bond motifs is 2. The zero-order valence-corrected chi connectivity index (χ0v) is 17.4. The number of aliphatic hydroxyl groups is 1. The first-order valence-corrected chi connectivity index (χ1v) is 11.2. The van der Waals surface area contributed by atoms with Crippen molar-refractivity contribution in [3.8, 4) is 0 Å². The number of amides is 1. The highest BCUT2D eigenvalue weighted by Crippen LogP contribution is 2.40. The van der Waals surface area contributed by atoms with Gasteiger partial charge in [-0.3, -0.25) is 4.79 Å². The van der Waals surface area contributed by atoms with E-state index in [1.807, 2.05) is 17.0 Å². The van der Waals surface area contributed by atoms with Gasteiger partial charge in [0.2, 0.25) is 5.91 Å². The first-order chi connectivity index (χ1) is 14.6. The van der Waals surface area contributed by atoms with Gasteiger partial charge < -0.3 is 14.6 Å². The third-order valence-corrected chi connectivity index (χ3v) is 7.32. The van der Waals surface area contributed by atoms with Crippen molar-refractivity contribution >= 4 is 16.7 Å². The van der Waals surface area contributed by atoms with E-state index in [1.165, 1.54) is 16.3 Å². The van der Waals surface area contributed by atoms with E-state index in [0.717, 1.165) is 25.7 Å². The lowest BCUT2D eigenvalue weighted by Crippen LogP contribution is -2.54. The first kappa shape index (κ1) is 19.4. The number of carbonyl (C=O) groups is 1. The summed E-state index contributed by atoms with van der Waals surface area (Å²) in [6.07, 6.45) is 9.45. The van der Waals surface area contributed by atoms with Crippen LogP contribution in [0.1, 0.15) is 50.1 Å². The molecule has 1 saturated heterocycles. The molecule has 1 N–H and O–H groups in total. The third kappa shape index (κ3) is 3.54. The number of nitrogens with zero attached hydrogens (tertiary/aromatic N) is 2. The van der Waals surface area contributed by atoms with E-state index in [2.05, 4.69) is 59.4 Å². The van der Waals surface area contributed by atoms with Crippen LogP contribution in [0.15, 0.2) is 67.0 Å². The van der Waals surface area contributed by atoms with Crippen molar-refractivity contribution in [3.05, 3.63) is 72.6 Å². The van der Waals surface area contributed by atoms with Gasteiger partial charge in [-0.25, -0.2) is 0 Å². The van der Waals surface area contributed by atoms with Gasteiger partial charge >= 0.3 is 0 Å². The highest BCUT2D eigenvalue weighted by atomic mass is 16.3. The molecule has 2 aromatic carbocycles. The number of piperidine rings is 1. The van der Waals surface area contributed by atoms with Crippen molar-refractivity contribution in [1.29, 1.82) is 0 Å². The topological polar surface area (TPSA) is 45.5 Å². The number of aromatic nitrogens is 1. The van der Waals surface area contributed by atoms with Gasteiger partial charge in [0.25, 0.3) is 0 Å². The largest absolute Gasteiger partial charge is 0.389 e. The number of hydrogen-bond acceptors (Lipinski definition) is 2. The Kier molecular flexibility index (Phi) is 5.11. The molecule has 30 heavy (non-hydrogen) atoms. The van der Waals surface area contributed by atoms with Gasteiger partial charge in [0.05, 0.1) is 18.1 Å². The molecule has 5 rings (SSSR count). The fourth-order valence-electron chi connectivity index (χ4n) is 5.56. The van der Waals surface area contributed by atoms with E-state index in [1.54, 1.807) is 0 Å². The number of benzene rings is 2. The molecule has 2 fully saturated rings. The van der Waals surface area contributed by atoms with E-state index >= 15 is 0 Å². The lowest BCUT2D eigenvalue weighted by molar-refractivity contribution is -0.143. The molecule has 1 saturated carbocycles. The summed E-state index contributed by atoms with van der Waals surface area (Å²) in [6.45, 7) is 1.36. The number of carbonyl (C=O) groups excluding carboxylic acids is 1. The van der Waals surface area contributed by atoms with Crippen molar-refractivity contribution in [3.63, 3.8) is 0 Å². The van der Waals surface area contributed by atoms with E-state index in [0.29, 0.717) is 25.9 Å². The van der Waals surface area contributed by atoms with Crippen molar-refractivity contribution in [2.24, 2.45) is 5.92 Å². The van der Waals surface area contributed by atoms with Gasteiger partial charge in [-0.1, -0.05) is 55.3 Å². The molecule has 2 heterocycles. The molecule has 1 aliphatic heterocycles. The van der Waals surface area contributed by atoms with Crippen molar-refractivity contribution in [2.45, 2.75) is 50.2 Å². The molecule has 4 nitrogen and oxygen atoms in total. The van der Waals surface area contributed by atoms with Crippen LogP contribution in [-0.2, 0) is 4.79 Å². The minimum absolute atomic E-state index is 0.0363. The zero-order valence-electron chi connectivity index (χ0n) is 17.4. The van der Waals surface area contributed by atoms with Gasteiger partial charge in [0, 0.05) is 31.4 Å². The molecule has 0 radical (unpaired) electrons.